The van der Waals surface area contributed by atoms with E-state index in [1.54, 1.807) is 0 Å². The molecule has 108 valence electrons. The second-order valence-corrected chi connectivity index (χ2v) is 6.16. The number of esters is 1. The van der Waals surface area contributed by atoms with Crippen LogP contribution < -0.4 is 0 Å². The molecule has 3 heteroatoms. The van der Waals surface area contributed by atoms with Crippen LogP contribution in [-0.2, 0) is 9.53 Å². The highest BCUT2D eigenvalue weighted by Gasteiger charge is 2.45. The second-order valence-electron chi connectivity index (χ2n) is 5.30. The molecule has 2 aromatic rings. The van der Waals surface area contributed by atoms with Crippen LogP contribution in [0.15, 0.2) is 53.0 Å². The molecule has 0 heterocycles. The number of carbonyl (C=O) groups is 1. The van der Waals surface area contributed by atoms with Gasteiger partial charge in [0.2, 0.25) is 0 Å². The second kappa shape index (κ2) is 6.02. The Hall–Kier alpha value is -1.61. The summed E-state index contributed by atoms with van der Waals surface area (Å²) in [4.78, 5) is 11.8. The summed E-state index contributed by atoms with van der Waals surface area (Å²) in [6.07, 6.45) is 0.891. The number of halogens is 1. The molecule has 1 fully saturated rings. The van der Waals surface area contributed by atoms with Crippen LogP contribution in [0.2, 0.25) is 0 Å². The molecule has 0 aromatic heterocycles. The molecule has 21 heavy (non-hydrogen) atoms. The quantitative estimate of drug-likeness (QED) is 0.746. The first-order valence-electron chi connectivity index (χ1n) is 7.22. The topological polar surface area (TPSA) is 26.3 Å². The maximum absolute atomic E-state index is 11.8. The molecule has 2 unspecified atom stereocenters. The third-order valence-electron chi connectivity index (χ3n) is 3.89. The van der Waals surface area contributed by atoms with Gasteiger partial charge >= 0.3 is 5.97 Å². The van der Waals surface area contributed by atoms with Gasteiger partial charge in [-0.1, -0.05) is 58.4 Å². The van der Waals surface area contributed by atoms with E-state index < -0.39 is 0 Å². The fourth-order valence-electron chi connectivity index (χ4n) is 2.69. The van der Waals surface area contributed by atoms with E-state index in [4.69, 9.17) is 4.74 Å². The lowest BCUT2D eigenvalue weighted by molar-refractivity contribution is -0.144. The SMILES string of the molecule is CCOC(=O)C1CC1c1ccc(-c2ccccc2)cc1Br. The lowest BCUT2D eigenvalue weighted by atomic mass is 10.0. The van der Waals surface area contributed by atoms with Gasteiger partial charge in [0.05, 0.1) is 12.5 Å². The summed E-state index contributed by atoms with van der Waals surface area (Å²) in [7, 11) is 0. The number of rotatable bonds is 4. The zero-order valence-corrected chi connectivity index (χ0v) is 13.5. The summed E-state index contributed by atoms with van der Waals surface area (Å²) < 4.78 is 6.17. The first kappa shape index (κ1) is 14.3. The predicted octanol–water partition coefficient (Wildman–Crippen LogP) is 4.78. The van der Waals surface area contributed by atoms with Crippen LogP contribution in [-0.4, -0.2) is 12.6 Å². The van der Waals surface area contributed by atoms with Gasteiger partial charge in [-0.05, 0) is 42.0 Å². The van der Waals surface area contributed by atoms with Crippen molar-refractivity contribution < 1.29 is 9.53 Å². The van der Waals surface area contributed by atoms with Gasteiger partial charge < -0.3 is 4.74 Å². The Kier molecular flexibility index (Phi) is 4.11. The molecule has 3 rings (SSSR count). The number of ether oxygens (including phenoxy) is 1. The minimum absolute atomic E-state index is 0.0313. The first-order valence-corrected chi connectivity index (χ1v) is 8.01. The smallest absolute Gasteiger partial charge is 0.309 e. The van der Waals surface area contributed by atoms with Crippen LogP contribution in [0.4, 0.5) is 0 Å². The van der Waals surface area contributed by atoms with Crippen molar-refractivity contribution >= 4 is 21.9 Å². The average molecular weight is 345 g/mol. The van der Waals surface area contributed by atoms with Crippen molar-refractivity contribution in [1.29, 1.82) is 0 Å². The number of benzene rings is 2. The highest BCUT2D eigenvalue weighted by Crippen LogP contribution is 2.50. The van der Waals surface area contributed by atoms with Crippen molar-refractivity contribution in [3.05, 3.63) is 58.6 Å². The van der Waals surface area contributed by atoms with Crippen LogP contribution in [0.5, 0.6) is 0 Å². The monoisotopic (exact) mass is 344 g/mol. The Labute approximate surface area is 133 Å². The summed E-state index contributed by atoms with van der Waals surface area (Å²) in [6.45, 7) is 2.30. The van der Waals surface area contributed by atoms with Gasteiger partial charge in [-0.2, -0.15) is 0 Å². The Morgan fingerprint density at radius 3 is 2.62 bits per heavy atom. The van der Waals surface area contributed by atoms with E-state index in [0.29, 0.717) is 12.5 Å². The molecule has 1 aliphatic carbocycles. The lowest BCUT2D eigenvalue weighted by Crippen LogP contribution is -2.07. The van der Waals surface area contributed by atoms with E-state index in [-0.39, 0.29) is 11.9 Å². The number of hydrogen-bond acceptors (Lipinski definition) is 2. The zero-order chi connectivity index (χ0) is 14.8. The highest BCUT2D eigenvalue weighted by molar-refractivity contribution is 9.10. The molecule has 0 aliphatic heterocycles. The van der Waals surface area contributed by atoms with E-state index in [2.05, 4.69) is 46.3 Å². The van der Waals surface area contributed by atoms with Crippen molar-refractivity contribution in [2.75, 3.05) is 6.61 Å². The van der Waals surface area contributed by atoms with Crippen LogP contribution in [0.25, 0.3) is 11.1 Å². The summed E-state index contributed by atoms with van der Waals surface area (Å²) >= 11 is 3.65. The van der Waals surface area contributed by atoms with Gasteiger partial charge in [0.25, 0.3) is 0 Å². The fourth-order valence-corrected chi connectivity index (χ4v) is 3.36. The van der Waals surface area contributed by atoms with Gasteiger partial charge in [-0.15, -0.1) is 0 Å². The third kappa shape index (κ3) is 3.03. The molecule has 0 radical (unpaired) electrons. The van der Waals surface area contributed by atoms with Crippen molar-refractivity contribution in [3.63, 3.8) is 0 Å². The van der Waals surface area contributed by atoms with E-state index >= 15 is 0 Å². The Morgan fingerprint density at radius 1 is 1.19 bits per heavy atom. The average Bonchev–Trinajstić information content (AvgIpc) is 3.29. The number of carbonyl (C=O) groups excluding carboxylic acids is 1. The van der Waals surface area contributed by atoms with Crippen molar-refractivity contribution in [2.24, 2.45) is 5.92 Å². The van der Waals surface area contributed by atoms with E-state index in [1.165, 1.54) is 16.7 Å². The fraction of sp³-hybridized carbons (Fsp3) is 0.278. The van der Waals surface area contributed by atoms with Crippen molar-refractivity contribution in [2.45, 2.75) is 19.3 Å². The molecule has 0 amide bonds. The van der Waals surface area contributed by atoms with E-state index in [9.17, 15) is 4.79 Å². The Bertz CT molecular complexity index is 652. The molecule has 0 bridgehead atoms. The molecule has 2 atom stereocenters. The summed E-state index contributed by atoms with van der Waals surface area (Å²) in [5.41, 5.74) is 3.58. The number of hydrogen-bond donors (Lipinski definition) is 0. The summed E-state index contributed by atoms with van der Waals surface area (Å²) in [5, 5.41) is 0. The normalized spacial score (nSPS) is 20.1. The van der Waals surface area contributed by atoms with Crippen LogP contribution >= 0.6 is 15.9 Å². The van der Waals surface area contributed by atoms with E-state index in [0.717, 1.165) is 10.9 Å². The minimum Gasteiger partial charge on any atom is -0.466 e. The molecule has 0 spiro atoms. The largest absolute Gasteiger partial charge is 0.466 e. The summed E-state index contributed by atoms with van der Waals surface area (Å²) in [6, 6.07) is 16.7. The standard InChI is InChI=1S/C18H17BrO2/c1-2-21-18(20)16-11-15(16)14-9-8-13(10-17(14)19)12-6-4-3-5-7-12/h3-10,15-16H,2,11H2,1H3. The van der Waals surface area contributed by atoms with Crippen molar-refractivity contribution in [3.8, 4) is 11.1 Å². The first-order chi connectivity index (χ1) is 10.2. The molecular formula is C18H17BrO2. The van der Waals surface area contributed by atoms with Gasteiger partial charge in [-0.3, -0.25) is 4.79 Å². The maximum Gasteiger partial charge on any atom is 0.309 e. The zero-order valence-electron chi connectivity index (χ0n) is 11.9. The Balaban J connectivity index is 1.79. The highest BCUT2D eigenvalue weighted by atomic mass is 79.9. The minimum atomic E-state index is -0.0680. The molecule has 1 saturated carbocycles. The molecule has 1 aliphatic rings. The maximum atomic E-state index is 11.8. The molecule has 0 saturated heterocycles. The molecule has 0 N–H and O–H groups in total. The van der Waals surface area contributed by atoms with Gasteiger partial charge in [0, 0.05) is 4.47 Å². The summed E-state index contributed by atoms with van der Waals surface area (Å²) in [5.74, 6) is 0.258. The predicted molar refractivity (Wildman–Crippen MR) is 87.1 cm³/mol. The van der Waals surface area contributed by atoms with Crippen LogP contribution in [0.3, 0.4) is 0 Å². The third-order valence-corrected chi connectivity index (χ3v) is 4.57. The van der Waals surface area contributed by atoms with E-state index in [1.807, 2.05) is 25.1 Å². The van der Waals surface area contributed by atoms with Crippen LogP contribution in [0, 0.1) is 5.92 Å². The molecule has 2 aromatic carbocycles. The molecular weight excluding hydrogens is 328 g/mol. The van der Waals surface area contributed by atoms with Gasteiger partial charge in [0.1, 0.15) is 0 Å². The lowest BCUT2D eigenvalue weighted by Gasteiger charge is -2.08. The van der Waals surface area contributed by atoms with Crippen molar-refractivity contribution in [1.82, 2.24) is 0 Å². The van der Waals surface area contributed by atoms with Crippen LogP contribution in [0.1, 0.15) is 24.8 Å². The van der Waals surface area contributed by atoms with Gasteiger partial charge in [-0.25, -0.2) is 0 Å². The Morgan fingerprint density at radius 2 is 1.95 bits per heavy atom. The molecule has 2 nitrogen and oxygen atoms in total. The van der Waals surface area contributed by atoms with Gasteiger partial charge in [0.15, 0.2) is 0 Å².